The van der Waals surface area contributed by atoms with Gasteiger partial charge >= 0.3 is 11.9 Å². The highest BCUT2D eigenvalue weighted by molar-refractivity contribution is 5.75. The predicted octanol–water partition coefficient (Wildman–Crippen LogP) is 5.25. The van der Waals surface area contributed by atoms with Crippen LogP contribution in [0.2, 0.25) is 0 Å². The first-order valence-corrected chi connectivity index (χ1v) is 14.4. The van der Waals surface area contributed by atoms with Crippen LogP contribution in [0.25, 0.3) is 11.1 Å². The first-order chi connectivity index (χ1) is 20.9. The number of esters is 1. The number of ether oxygens (including phenoxy) is 3. The van der Waals surface area contributed by atoms with Gasteiger partial charge < -0.3 is 29.5 Å². The lowest BCUT2D eigenvalue weighted by molar-refractivity contribution is -0.154. The van der Waals surface area contributed by atoms with Crippen LogP contribution in [-0.4, -0.2) is 65.9 Å². The van der Waals surface area contributed by atoms with E-state index in [-0.39, 0.29) is 26.9 Å². The maximum atomic E-state index is 11.9. The molecule has 0 spiro atoms. The number of hydrogen-bond acceptors (Lipinski definition) is 7. The van der Waals surface area contributed by atoms with E-state index in [1.807, 2.05) is 78.9 Å². The minimum atomic E-state index is -1.34. The molecule has 0 bridgehead atoms. The van der Waals surface area contributed by atoms with Crippen molar-refractivity contribution in [2.75, 3.05) is 26.4 Å². The molecule has 2 aliphatic rings. The Kier molecular flexibility index (Phi) is 14.0. The van der Waals surface area contributed by atoms with Crippen LogP contribution in [0.4, 0.5) is 0 Å². The predicted molar refractivity (Wildman–Crippen MR) is 170 cm³/mol. The summed E-state index contributed by atoms with van der Waals surface area (Å²) in [7, 11) is 0. The van der Waals surface area contributed by atoms with Gasteiger partial charge in [-0.15, -0.1) is 0 Å². The Morgan fingerprint density at radius 1 is 0.682 bits per heavy atom. The van der Waals surface area contributed by atoms with E-state index in [1.54, 1.807) is 0 Å². The third-order valence-electron chi connectivity index (χ3n) is 7.22. The Balaban J connectivity index is 0.000000247. The van der Waals surface area contributed by atoms with Crippen molar-refractivity contribution in [3.8, 4) is 0 Å². The van der Waals surface area contributed by atoms with Crippen molar-refractivity contribution in [1.29, 1.82) is 0 Å². The van der Waals surface area contributed by atoms with Crippen molar-refractivity contribution in [2.45, 2.75) is 51.9 Å². The fraction of sp³-hybridized carbons (Fsp3) is 0.333. The van der Waals surface area contributed by atoms with E-state index in [4.69, 9.17) is 19.3 Å². The second kappa shape index (κ2) is 17.9. The molecule has 0 aromatic heterocycles. The molecule has 0 fully saturated rings. The van der Waals surface area contributed by atoms with E-state index in [0.717, 1.165) is 53.9 Å². The number of hydrogen-bond donors (Lipinski definition) is 3. The van der Waals surface area contributed by atoms with Crippen LogP contribution >= 0.6 is 0 Å². The zero-order valence-electron chi connectivity index (χ0n) is 24.1. The van der Waals surface area contributed by atoms with Crippen molar-refractivity contribution >= 4 is 23.1 Å². The van der Waals surface area contributed by atoms with Gasteiger partial charge in [-0.25, -0.2) is 9.59 Å². The molecule has 234 valence electrons. The van der Waals surface area contributed by atoms with Gasteiger partial charge in [0.1, 0.15) is 6.61 Å². The number of carboxylic acid groups (broad SMARTS) is 1. The Hall–Kier alpha value is -4.08. The summed E-state index contributed by atoms with van der Waals surface area (Å²) in [5, 5.41) is 28.0. The molecule has 44 heavy (non-hydrogen) atoms. The van der Waals surface area contributed by atoms with Gasteiger partial charge in [0.2, 0.25) is 0 Å². The number of carbonyl (C=O) groups excluding carboxylic acids is 1. The summed E-state index contributed by atoms with van der Waals surface area (Å²) >= 11 is 0. The topological polar surface area (TPSA) is 123 Å². The molecule has 5 rings (SSSR count). The Bertz CT molecular complexity index is 1380. The molecule has 3 N–H and O–H groups in total. The quantitative estimate of drug-likeness (QED) is 0.269. The highest BCUT2D eigenvalue weighted by Gasteiger charge is 2.18. The lowest BCUT2D eigenvalue weighted by atomic mass is 9.99. The number of benzene rings is 3. The minimum absolute atomic E-state index is 0. The second-order valence-corrected chi connectivity index (χ2v) is 10.4. The van der Waals surface area contributed by atoms with Crippen molar-refractivity contribution in [1.82, 2.24) is 0 Å². The van der Waals surface area contributed by atoms with Crippen LogP contribution in [0, 0.1) is 0 Å². The van der Waals surface area contributed by atoms with Crippen molar-refractivity contribution in [3.63, 3.8) is 0 Å². The monoisotopic (exact) mass is 602 g/mol. The van der Waals surface area contributed by atoms with Crippen LogP contribution in [0.1, 0.15) is 48.1 Å². The lowest BCUT2D eigenvalue weighted by Gasteiger charge is -2.15. The Morgan fingerprint density at radius 3 is 1.59 bits per heavy atom. The summed E-state index contributed by atoms with van der Waals surface area (Å²) in [6.07, 6.45) is 3.85. The normalized spacial score (nSPS) is 15.7. The summed E-state index contributed by atoms with van der Waals surface area (Å²) in [6, 6.07) is 25.0. The van der Waals surface area contributed by atoms with Crippen LogP contribution in [-0.2, 0) is 43.2 Å². The van der Waals surface area contributed by atoms with E-state index in [0.29, 0.717) is 13.2 Å². The van der Waals surface area contributed by atoms with Gasteiger partial charge in [0.05, 0.1) is 26.4 Å². The number of aliphatic carboxylic acids is 1. The smallest absolute Gasteiger partial charge is 0.335 e. The average Bonchev–Trinajstić information content (AvgIpc) is 3.06. The highest BCUT2D eigenvalue weighted by atomic mass is 16.5. The molecule has 0 aliphatic carbocycles. The number of carbonyl (C=O) groups is 2. The first kappa shape index (κ1) is 34.4. The Labute approximate surface area is 259 Å². The van der Waals surface area contributed by atoms with Gasteiger partial charge in [0, 0.05) is 12.8 Å². The summed E-state index contributed by atoms with van der Waals surface area (Å²) in [5.74, 6) is -1.79. The number of carboxylic acids is 1. The molecule has 8 nitrogen and oxygen atoms in total. The summed E-state index contributed by atoms with van der Waals surface area (Å²) in [6.45, 7) is 2.97. The molecule has 0 amide bonds. The maximum Gasteiger partial charge on any atom is 0.335 e. The molecule has 0 saturated heterocycles. The van der Waals surface area contributed by atoms with Gasteiger partial charge in [-0.3, -0.25) is 0 Å². The van der Waals surface area contributed by atoms with Gasteiger partial charge in [0.15, 0.2) is 12.2 Å². The van der Waals surface area contributed by atoms with Gasteiger partial charge in [0.25, 0.3) is 0 Å². The summed E-state index contributed by atoms with van der Waals surface area (Å²) < 4.78 is 15.7. The fourth-order valence-electron chi connectivity index (χ4n) is 4.73. The van der Waals surface area contributed by atoms with Crippen LogP contribution in [0.15, 0.2) is 91.0 Å². The SMILES string of the molecule is C.O=C(O)[C@H](O)Cc1ccc(C2=CCOCC2)cc1.O=C(OCc1ccccc1)[C@H](O)Cc1ccc(C2=CCOCC2)cc1. The molecule has 0 saturated carbocycles. The number of rotatable bonds is 10. The van der Waals surface area contributed by atoms with E-state index in [1.165, 1.54) is 11.1 Å². The van der Waals surface area contributed by atoms with Crippen molar-refractivity contribution < 1.29 is 39.1 Å². The minimum Gasteiger partial charge on any atom is -0.479 e. The molecule has 2 atom stereocenters. The number of aliphatic hydroxyl groups excluding tert-OH is 2. The van der Waals surface area contributed by atoms with Gasteiger partial charge in [-0.2, -0.15) is 0 Å². The Morgan fingerprint density at radius 2 is 1.16 bits per heavy atom. The third-order valence-corrected chi connectivity index (χ3v) is 7.22. The molecule has 2 heterocycles. The molecular formula is C36H42O8. The largest absolute Gasteiger partial charge is 0.479 e. The van der Waals surface area contributed by atoms with Crippen LogP contribution in [0.3, 0.4) is 0 Å². The van der Waals surface area contributed by atoms with Gasteiger partial charge in [-0.1, -0.05) is 98.4 Å². The standard InChI is InChI=1S/C21H22O4.C14H16O4.CH4/c22-20(21(23)25-15-17-4-2-1-3-5-17)14-16-6-8-18(9-7-16)19-10-12-24-13-11-19;15-13(14(16)17)9-10-1-3-11(4-2-10)12-5-7-18-8-6-12;/h1-10,20,22H,11-15H2;1-5,13,15H,6-9H2,(H,16,17);1H4/t20-;13-;/m11./s1. The summed E-state index contributed by atoms with van der Waals surface area (Å²) in [4.78, 5) is 22.5. The molecule has 0 unspecified atom stereocenters. The molecular weight excluding hydrogens is 560 g/mol. The fourth-order valence-corrected chi connectivity index (χ4v) is 4.73. The maximum absolute atomic E-state index is 11.9. The molecule has 3 aromatic carbocycles. The average molecular weight is 603 g/mol. The van der Waals surface area contributed by atoms with E-state index in [9.17, 15) is 19.8 Å². The molecule has 2 aliphatic heterocycles. The zero-order chi connectivity index (χ0) is 30.4. The second-order valence-electron chi connectivity index (χ2n) is 10.4. The van der Waals surface area contributed by atoms with Crippen LogP contribution < -0.4 is 0 Å². The van der Waals surface area contributed by atoms with E-state index < -0.39 is 24.1 Å². The summed E-state index contributed by atoms with van der Waals surface area (Å²) in [5.41, 5.74) is 7.45. The third kappa shape index (κ3) is 10.9. The highest BCUT2D eigenvalue weighted by Crippen LogP contribution is 2.23. The van der Waals surface area contributed by atoms with E-state index >= 15 is 0 Å². The zero-order valence-corrected chi connectivity index (χ0v) is 24.1. The molecule has 0 radical (unpaired) electrons. The number of aliphatic hydroxyl groups is 2. The molecule has 3 aromatic rings. The van der Waals surface area contributed by atoms with E-state index in [2.05, 4.69) is 12.2 Å². The van der Waals surface area contributed by atoms with Crippen molar-refractivity contribution in [3.05, 3.63) is 119 Å². The molecule has 8 heteroatoms. The lowest BCUT2D eigenvalue weighted by Crippen LogP contribution is -2.25. The van der Waals surface area contributed by atoms with Gasteiger partial charge in [-0.05, 0) is 51.8 Å². The first-order valence-electron chi connectivity index (χ1n) is 14.4. The van der Waals surface area contributed by atoms with Crippen LogP contribution in [0.5, 0.6) is 0 Å². The van der Waals surface area contributed by atoms with Crippen molar-refractivity contribution in [2.24, 2.45) is 0 Å².